The van der Waals surface area contributed by atoms with Crippen molar-refractivity contribution in [3.8, 4) is 0 Å². The first-order valence-corrected chi connectivity index (χ1v) is 9.02. The van der Waals surface area contributed by atoms with Gasteiger partial charge in [0.2, 0.25) is 0 Å². The van der Waals surface area contributed by atoms with E-state index in [9.17, 15) is 4.39 Å². The molecule has 0 amide bonds. The van der Waals surface area contributed by atoms with Crippen LogP contribution in [0.25, 0.3) is 11.0 Å². The van der Waals surface area contributed by atoms with Crippen molar-refractivity contribution in [2.75, 3.05) is 11.9 Å². The lowest BCUT2D eigenvalue weighted by atomic mass is 9.95. The first-order chi connectivity index (χ1) is 12.8. The van der Waals surface area contributed by atoms with Gasteiger partial charge in [-0.15, -0.1) is 0 Å². The van der Waals surface area contributed by atoms with Gasteiger partial charge >= 0.3 is 0 Å². The number of anilines is 1. The van der Waals surface area contributed by atoms with Crippen LogP contribution < -0.4 is 5.32 Å². The van der Waals surface area contributed by atoms with E-state index in [1.807, 2.05) is 0 Å². The van der Waals surface area contributed by atoms with Crippen molar-refractivity contribution in [3.05, 3.63) is 48.2 Å². The van der Waals surface area contributed by atoms with Crippen LogP contribution in [0, 0.1) is 5.82 Å². The van der Waals surface area contributed by atoms with Crippen molar-refractivity contribution in [3.63, 3.8) is 0 Å². The maximum absolute atomic E-state index is 12.3. The number of benzene rings is 1. The molecule has 0 spiro atoms. The summed E-state index contributed by atoms with van der Waals surface area (Å²) in [5.74, 6) is 0.673. The second-order valence-electron chi connectivity index (χ2n) is 6.43. The molecule has 3 aromatic rings. The fourth-order valence-electron chi connectivity index (χ4n) is 3.10. The molecule has 0 bridgehead atoms. The lowest BCUT2D eigenvalue weighted by molar-refractivity contribution is 0.299. The van der Waals surface area contributed by atoms with E-state index in [0.717, 1.165) is 22.4 Å². The zero-order valence-corrected chi connectivity index (χ0v) is 14.7. The van der Waals surface area contributed by atoms with Crippen LogP contribution in [-0.4, -0.2) is 37.9 Å². The minimum Gasteiger partial charge on any atom is -0.396 e. The predicted molar refractivity (Wildman–Crippen MR) is 99.4 cm³/mol. The van der Waals surface area contributed by atoms with Crippen LogP contribution in [-0.2, 0) is 6.42 Å². The molecular weight excluding hydrogens is 333 g/mol. The molecule has 2 heterocycles. The number of rotatable bonds is 4. The molecule has 1 saturated carbocycles. The molecule has 6 nitrogen and oxygen atoms in total. The van der Waals surface area contributed by atoms with Gasteiger partial charge in [0.05, 0.1) is 11.6 Å². The number of nitrogens with zero attached hydrogens (tertiary/aromatic N) is 3. The number of aliphatic hydroxyl groups excluding tert-OH is 1. The maximum atomic E-state index is 12.3. The molecule has 0 atom stereocenters. The van der Waals surface area contributed by atoms with E-state index < -0.39 is 0 Å². The summed E-state index contributed by atoms with van der Waals surface area (Å²) in [6.45, 7) is 0.117. The van der Waals surface area contributed by atoms with Crippen LogP contribution in [0.4, 0.5) is 10.2 Å². The van der Waals surface area contributed by atoms with E-state index in [2.05, 4.69) is 25.5 Å². The molecular formula is C19H24FN5O. The Bertz CT molecular complexity index is 799. The number of halogens is 1. The zero-order valence-electron chi connectivity index (χ0n) is 14.7. The smallest absolute Gasteiger partial charge is 0.160 e. The third kappa shape index (κ3) is 4.98. The first-order valence-electron chi connectivity index (χ1n) is 9.02. The Morgan fingerprint density at radius 3 is 2.62 bits per heavy atom. The maximum Gasteiger partial charge on any atom is 0.160 e. The fraction of sp³-hybridized carbons (Fsp3) is 0.421. The molecule has 0 aliphatic heterocycles. The van der Waals surface area contributed by atoms with Crippen LogP contribution in [0.5, 0.6) is 0 Å². The molecule has 0 unspecified atom stereocenters. The number of aromatic nitrogens is 4. The molecule has 138 valence electrons. The molecule has 4 rings (SSSR count). The van der Waals surface area contributed by atoms with E-state index in [-0.39, 0.29) is 12.4 Å². The molecule has 0 radical (unpaired) electrons. The predicted octanol–water partition coefficient (Wildman–Crippen LogP) is 3.46. The van der Waals surface area contributed by atoms with Crippen molar-refractivity contribution in [1.82, 2.24) is 20.2 Å². The van der Waals surface area contributed by atoms with Gasteiger partial charge in [0.15, 0.2) is 5.65 Å². The average molecular weight is 357 g/mol. The minimum atomic E-state index is -0.235. The zero-order chi connectivity index (χ0) is 18.2. The molecule has 0 saturated heterocycles. The summed E-state index contributed by atoms with van der Waals surface area (Å²) >= 11 is 0. The average Bonchev–Trinajstić information content (AvgIpc) is 3.15. The molecule has 7 heteroatoms. The Kier molecular flexibility index (Phi) is 6.49. The highest BCUT2D eigenvalue weighted by molar-refractivity contribution is 5.85. The number of fused-ring (bicyclic) bond motifs is 1. The lowest BCUT2D eigenvalue weighted by Gasteiger charge is -2.23. The van der Waals surface area contributed by atoms with Gasteiger partial charge in [0.1, 0.15) is 18.0 Å². The summed E-state index contributed by atoms with van der Waals surface area (Å²) in [5.41, 5.74) is 1.76. The third-order valence-electron chi connectivity index (χ3n) is 4.51. The number of nitrogens with one attached hydrogen (secondary N) is 2. The fourth-order valence-corrected chi connectivity index (χ4v) is 3.10. The van der Waals surface area contributed by atoms with E-state index >= 15 is 0 Å². The highest BCUT2D eigenvalue weighted by Gasteiger charge is 2.15. The Morgan fingerprint density at radius 2 is 1.88 bits per heavy atom. The highest BCUT2D eigenvalue weighted by atomic mass is 19.1. The third-order valence-corrected chi connectivity index (χ3v) is 4.51. The molecule has 2 aromatic heterocycles. The quantitative estimate of drug-likeness (QED) is 0.666. The second kappa shape index (κ2) is 9.24. The van der Waals surface area contributed by atoms with E-state index in [1.54, 1.807) is 24.7 Å². The van der Waals surface area contributed by atoms with Crippen LogP contribution in [0.1, 0.15) is 37.7 Å². The molecule has 1 aliphatic rings. The van der Waals surface area contributed by atoms with Gasteiger partial charge < -0.3 is 10.4 Å². The van der Waals surface area contributed by atoms with Gasteiger partial charge in [-0.25, -0.2) is 14.4 Å². The van der Waals surface area contributed by atoms with E-state index in [0.29, 0.717) is 12.5 Å². The Morgan fingerprint density at radius 1 is 1.12 bits per heavy atom. The lowest BCUT2D eigenvalue weighted by Crippen LogP contribution is -2.22. The van der Waals surface area contributed by atoms with Crippen molar-refractivity contribution >= 4 is 16.9 Å². The normalized spacial score (nSPS) is 14.7. The standard InChI is InChI=1S/C11H15N5.C8H9FO/c1-2-4-8(5-3-1)15-10-9-6-14-16-11(9)13-7-12-10;9-8-3-1-7(2-4-8)5-6-10/h6-8H,1-5H2,(H2,12,13,14,15,16);1-4,10H,5-6H2. The van der Waals surface area contributed by atoms with Crippen molar-refractivity contribution in [2.24, 2.45) is 0 Å². The van der Waals surface area contributed by atoms with Crippen LogP contribution in [0.15, 0.2) is 36.8 Å². The van der Waals surface area contributed by atoms with Gasteiger partial charge in [-0.2, -0.15) is 5.10 Å². The van der Waals surface area contributed by atoms with Gasteiger partial charge in [-0.05, 0) is 37.0 Å². The molecule has 1 fully saturated rings. The van der Waals surface area contributed by atoms with Crippen LogP contribution >= 0.6 is 0 Å². The number of aromatic amines is 1. The number of hydrogen-bond donors (Lipinski definition) is 3. The molecule has 1 aromatic carbocycles. The number of hydrogen-bond acceptors (Lipinski definition) is 5. The molecule has 26 heavy (non-hydrogen) atoms. The van der Waals surface area contributed by atoms with E-state index in [1.165, 1.54) is 44.2 Å². The van der Waals surface area contributed by atoms with Crippen molar-refractivity contribution in [1.29, 1.82) is 0 Å². The van der Waals surface area contributed by atoms with Crippen molar-refractivity contribution < 1.29 is 9.50 Å². The summed E-state index contributed by atoms with van der Waals surface area (Å²) in [5, 5.41) is 19.8. The second-order valence-corrected chi connectivity index (χ2v) is 6.43. The van der Waals surface area contributed by atoms with Gasteiger partial charge in [-0.3, -0.25) is 5.10 Å². The van der Waals surface area contributed by atoms with Gasteiger partial charge in [0.25, 0.3) is 0 Å². The largest absolute Gasteiger partial charge is 0.396 e. The van der Waals surface area contributed by atoms with E-state index in [4.69, 9.17) is 5.11 Å². The molecule has 1 aliphatic carbocycles. The summed E-state index contributed by atoms with van der Waals surface area (Å²) in [4.78, 5) is 8.42. The summed E-state index contributed by atoms with van der Waals surface area (Å²) in [6.07, 6.45) is 10.4. The monoisotopic (exact) mass is 357 g/mol. The topological polar surface area (TPSA) is 86.7 Å². The number of aliphatic hydroxyl groups is 1. The van der Waals surface area contributed by atoms with Crippen molar-refractivity contribution in [2.45, 2.75) is 44.6 Å². The van der Waals surface area contributed by atoms with Gasteiger partial charge in [0, 0.05) is 12.6 Å². The summed E-state index contributed by atoms with van der Waals surface area (Å²) in [6, 6.07) is 6.69. The Balaban J connectivity index is 0.000000170. The van der Waals surface area contributed by atoms with Crippen LogP contribution in [0.3, 0.4) is 0 Å². The Labute approximate surface area is 151 Å². The highest BCUT2D eigenvalue weighted by Crippen LogP contribution is 2.23. The Hall–Kier alpha value is -2.54. The summed E-state index contributed by atoms with van der Waals surface area (Å²) in [7, 11) is 0. The minimum absolute atomic E-state index is 0.117. The molecule has 3 N–H and O–H groups in total. The summed E-state index contributed by atoms with van der Waals surface area (Å²) < 4.78 is 12.3. The SMILES string of the molecule is OCCc1ccc(F)cc1.c1nc(NC2CCCCC2)c2cn[nH]c2n1. The van der Waals surface area contributed by atoms with Gasteiger partial charge in [-0.1, -0.05) is 31.4 Å². The number of H-pyrrole nitrogens is 1. The van der Waals surface area contributed by atoms with Crippen LogP contribution in [0.2, 0.25) is 0 Å². The first kappa shape index (κ1) is 18.3.